The van der Waals surface area contributed by atoms with Crippen molar-refractivity contribution in [2.45, 2.75) is 6.42 Å². The number of rotatable bonds is 4. The first-order chi connectivity index (χ1) is 16.0. The molecule has 0 atom stereocenters. The van der Waals surface area contributed by atoms with Crippen LogP contribution in [0.15, 0.2) is 83.8 Å². The van der Waals surface area contributed by atoms with E-state index >= 15 is 0 Å². The molecule has 3 aromatic carbocycles. The van der Waals surface area contributed by atoms with Crippen LogP contribution in [0.3, 0.4) is 0 Å². The van der Waals surface area contributed by atoms with E-state index < -0.39 is 0 Å². The fourth-order valence-electron chi connectivity index (χ4n) is 3.92. The Morgan fingerprint density at radius 3 is 2.48 bits per heavy atom. The van der Waals surface area contributed by atoms with Gasteiger partial charge < -0.3 is 5.11 Å². The van der Waals surface area contributed by atoms with E-state index in [-0.39, 0.29) is 16.9 Å². The number of fused-ring (bicyclic) bond motifs is 1. The predicted octanol–water partition coefficient (Wildman–Crippen LogP) is 5.18. The molecule has 0 aliphatic heterocycles. The number of phenolic OH excluding ortho intramolecular Hbond substituents is 1. The minimum absolute atomic E-state index is 0.151. The topological polar surface area (TPSA) is 94.2 Å². The number of halogens is 1. The van der Waals surface area contributed by atoms with E-state index in [1.807, 2.05) is 48.5 Å². The van der Waals surface area contributed by atoms with Crippen molar-refractivity contribution in [2.75, 3.05) is 0 Å². The van der Waals surface area contributed by atoms with Gasteiger partial charge in [0, 0.05) is 34.5 Å². The molecule has 0 aliphatic rings. The molecule has 0 unspecified atom stereocenters. The molecule has 5 rings (SSSR count). The Labute approximate surface area is 194 Å². The average molecular weight is 453 g/mol. The Bertz CT molecular complexity index is 1580. The quantitative estimate of drug-likeness (QED) is 0.393. The molecule has 33 heavy (non-hydrogen) atoms. The molecule has 0 saturated heterocycles. The summed E-state index contributed by atoms with van der Waals surface area (Å²) in [5.74, 6) is -0.151. The third kappa shape index (κ3) is 3.75. The summed E-state index contributed by atoms with van der Waals surface area (Å²) in [6.07, 6.45) is 2.03. The maximum atomic E-state index is 13.4. The molecule has 0 bridgehead atoms. The zero-order valence-corrected chi connectivity index (χ0v) is 18.0. The van der Waals surface area contributed by atoms with E-state index in [0.717, 1.165) is 22.4 Å². The van der Waals surface area contributed by atoms with Gasteiger partial charge in [-0.3, -0.25) is 9.89 Å². The summed E-state index contributed by atoms with van der Waals surface area (Å²) in [6.45, 7) is 0. The van der Waals surface area contributed by atoms with Crippen molar-refractivity contribution in [1.82, 2.24) is 14.6 Å². The van der Waals surface area contributed by atoms with E-state index in [9.17, 15) is 9.90 Å². The number of aromatic amines is 1. The van der Waals surface area contributed by atoms with Crippen LogP contribution in [0.1, 0.15) is 16.8 Å². The standard InChI is InChI=1S/C26H17ClN4O2/c27-19-9-7-18(8-10-19)24-22(12-16-4-2-1-3-5-16)30-31-25(24)29-15-21(26(31)33)20-11-6-17(14-28)13-23(20)32/h1-11,13,15,30,32H,12H2. The third-order valence-corrected chi connectivity index (χ3v) is 5.76. The monoisotopic (exact) mass is 452 g/mol. The van der Waals surface area contributed by atoms with Crippen molar-refractivity contribution < 1.29 is 5.11 Å². The van der Waals surface area contributed by atoms with Gasteiger partial charge >= 0.3 is 0 Å². The van der Waals surface area contributed by atoms with Crippen LogP contribution < -0.4 is 5.56 Å². The maximum absolute atomic E-state index is 13.4. The largest absolute Gasteiger partial charge is 0.507 e. The van der Waals surface area contributed by atoms with Crippen molar-refractivity contribution in [1.29, 1.82) is 5.26 Å². The molecule has 0 saturated carbocycles. The van der Waals surface area contributed by atoms with Crippen LogP contribution in [-0.2, 0) is 6.42 Å². The summed E-state index contributed by atoms with van der Waals surface area (Å²) >= 11 is 6.09. The fraction of sp³-hybridized carbons (Fsp3) is 0.0385. The minimum atomic E-state index is -0.352. The normalized spacial score (nSPS) is 10.9. The number of phenols is 1. The summed E-state index contributed by atoms with van der Waals surface area (Å²) < 4.78 is 1.40. The number of nitrogens with zero attached hydrogens (tertiary/aromatic N) is 3. The first kappa shape index (κ1) is 20.6. The van der Waals surface area contributed by atoms with Gasteiger partial charge in [0.25, 0.3) is 5.56 Å². The first-order valence-corrected chi connectivity index (χ1v) is 10.6. The number of hydrogen-bond acceptors (Lipinski definition) is 4. The van der Waals surface area contributed by atoms with E-state index in [0.29, 0.717) is 28.2 Å². The van der Waals surface area contributed by atoms with Crippen molar-refractivity contribution in [3.8, 4) is 34.1 Å². The number of benzene rings is 3. The Hall–Kier alpha value is -4.34. The average Bonchev–Trinajstić information content (AvgIpc) is 3.19. The van der Waals surface area contributed by atoms with Crippen LogP contribution in [0, 0.1) is 11.3 Å². The highest BCUT2D eigenvalue weighted by atomic mass is 35.5. The summed E-state index contributed by atoms with van der Waals surface area (Å²) in [6, 6.07) is 23.7. The highest BCUT2D eigenvalue weighted by Gasteiger charge is 2.19. The van der Waals surface area contributed by atoms with Crippen LogP contribution in [0.25, 0.3) is 27.9 Å². The van der Waals surface area contributed by atoms with E-state index in [2.05, 4.69) is 10.1 Å². The van der Waals surface area contributed by atoms with Crippen molar-refractivity contribution in [2.24, 2.45) is 0 Å². The van der Waals surface area contributed by atoms with Crippen molar-refractivity contribution in [3.05, 3.63) is 111 Å². The highest BCUT2D eigenvalue weighted by molar-refractivity contribution is 6.30. The molecule has 0 spiro atoms. The number of aromatic nitrogens is 3. The lowest BCUT2D eigenvalue weighted by atomic mass is 10.0. The molecule has 2 N–H and O–H groups in total. The van der Waals surface area contributed by atoms with E-state index in [4.69, 9.17) is 16.9 Å². The number of nitrogens with one attached hydrogen (secondary N) is 1. The molecule has 0 aliphatic carbocycles. The lowest BCUT2D eigenvalue weighted by molar-refractivity contribution is 0.477. The van der Waals surface area contributed by atoms with Crippen LogP contribution in [0.5, 0.6) is 5.75 Å². The van der Waals surface area contributed by atoms with Crippen molar-refractivity contribution in [3.63, 3.8) is 0 Å². The number of aromatic hydroxyl groups is 1. The van der Waals surface area contributed by atoms with Gasteiger partial charge in [0.05, 0.1) is 17.2 Å². The smallest absolute Gasteiger partial charge is 0.280 e. The summed E-state index contributed by atoms with van der Waals surface area (Å²) in [5.41, 5.74) is 4.57. The molecular weight excluding hydrogens is 436 g/mol. The Morgan fingerprint density at radius 2 is 1.79 bits per heavy atom. The molecule has 5 aromatic rings. The number of hydrogen-bond donors (Lipinski definition) is 2. The number of nitriles is 1. The second-order valence-electron chi connectivity index (χ2n) is 7.61. The number of H-pyrrole nitrogens is 1. The van der Waals surface area contributed by atoms with E-state index in [1.165, 1.54) is 16.8 Å². The fourth-order valence-corrected chi connectivity index (χ4v) is 4.05. The van der Waals surface area contributed by atoms with Gasteiger partial charge in [0.1, 0.15) is 5.75 Å². The summed E-state index contributed by atoms with van der Waals surface area (Å²) in [4.78, 5) is 18.0. The Balaban J connectivity index is 1.73. The van der Waals surface area contributed by atoms with Gasteiger partial charge in [-0.15, -0.1) is 0 Å². The van der Waals surface area contributed by atoms with Gasteiger partial charge in [-0.05, 0) is 41.5 Å². The van der Waals surface area contributed by atoms with Crippen LogP contribution in [-0.4, -0.2) is 19.7 Å². The van der Waals surface area contributed by atoms with Crippen LogP contribution in [0.4, 0.5) is 0 Å². The van der Waals surface area contributed by atoms with Gasteiger partial charge in [0.15, 0.2) is 5.65 Å². The summed E-state index contributed by atoms with van der Waals surface area (Å²) in [7, 11) is 0. The minimum Gasteiger partial charge on any atom is -0.507 e. The molecule has 2 aromatic heterocycles. The van der Waals surface area contributed by atoms with Gasteiger partial charge in [-0.1, -0.05) is 54.1 Å². The van der Waals surface area contributed by atoms with Crippen LogP contribution >= 0.6 is 11.6 Å². The molecule has 0 amide bonds. The predicted molar refractivity (Wildman–Crippen MR) is 127 cm³/mol. The highest BCUT2D eigenvalue weighted by Crippen LogP contribution is 2.32. The lowest BCUT2D eigenvalue weighted by Gasteiger charge is -2.06. The molecule has 7 heteroatoms. The SMILES string of the molecule is N#Cc1ccc(-c2cnc3c(-c4ccc(Cl)cc4)c(Cc4ccccc4)[nH]n3c2=O)c(O)c1. The Morgan fingerprint density at radius 1 is 1.03 bits per heavy atom. The zero-order chi connectivity index (χ0) is 22.9. The van der Waals surface area contributed by atoms with Gasteiger partial charge in [-0.25, -0.2) is 9.50 Å². The molecular formula is C26H17ClN4O2. The molecule has 0 fully saturated rings. The van der Waals surface area contributed by atoms with Crippen LogP contribution in [0.2, 0.25) is 5.02 Å². The molecule has 6 nitrogen and oxygen atoms in total. The second-order valence-corrected chi connectivity index (χ2v) is 8.05. The van der Waals surface area contributed by atoms with Crippen molar-refractivity contribution >= 4 is 17.2 Å². The van der Waals surface area contributed by atoms with Gasteiger partial charge in [-0.2, -0.15) is 5.26 Å². The zero-order valence-electron chi connectivity index (χ0n) is 17.3. The summed E-state index contributed by atoms with van der Waals surface area (Å²) in [5, 5.41) is 23.3. The first-order valence-electron chi connectivity index (χ1n) is 10.2. The third-order valence-electron chi connectivity index (χ3n) is 5.51. The van der Waals surface area contributed by atoms with Gasteiger partial charge in [0.2, 0.25) is 0 Å². The second kappa shape index (κ2) is 8.30. The van der Waals surface area contributed by atoms with E-state index in [1.54, 1.807) is 24.3 Å². The Kier molecular flexibility index (Phi) is 5.17. The molecule has 160 valence electrons. The lowest BCUT2D eigenvalue weighted by Crippen LogP contribution is -2.17. The molecule has 0 radical (unpaired) electrons. The molecule has 2 heterocycles. The maximum Gasteiger partial charge on any atom is 0.280 e.